The minimum absolute atomic E-state index is 0.0578. The molecular formula is C16H15N5O. The summed E-state index contributed by atoms with van der Waals surface area (Å²) in [6.45, 7) is 1.32. The van der Waals surface area contributed by atoms with E-state index in [4.69, 9.17) is 0 Å². The van der Waals surface area contributed by atoms with Crippen LogP contribution in [0.15, 0.2) is 61.2 Å². The van der Waals surface area contributed by atoms with E-state index in [1.807, 2.05) is 58.3 Å². The Morgan fingerprint density at radius 2 is 1.64 bits per heavy atom. The van der Waals surface area contributed by atoms with E-state index in [1.165, 1.54) is 0 Å². The van der Waals surface area contributed by atoms with Crippen LogP contribution in [0.25, 0.3) is 5.69 Å². The molecule has 4 rings (SSSR count). The normalized spacial score (nSPS) is 14.8. The van der Waals surface area contributed by atoms with Crippen LogP contribution in [0, 0.1) is 0 Å². The van der Waals surface area contributed by atoms with Gasteiger partial charge in [0, 0.05) is 36.7 Å². The highest BCUT2D eigenvalue weighted by Gasteiger charge is 2.33. The molecule has 1 aliphatic heterocycles. The zero-order valence-corrected chi connectivity index (χ0v) is 11.9. The Morgan fingerprint density at radius 3 is 2.27 bits per heavy atom. The predicted octanol–water partition coefficient (Wildman–Crippen LogP) is 1.77. The third kappa shape index (κ3) is 2.18. The molecule has 1 fully saturated rings. The van der Waals surface area contributed by atoms with Crippen molar-refractivity contribution in [3.8, 4) is 5.69 Å². The number of aromatic nitrogens is 4. The molecule has 0 unspecified atom stereocenters. The fraction of sp³-hybridized carbons (Fsp3) is 0.188. The average Bonchev–Trinajstić information content (AvgIpc) is 3.19. The predicted molar refractivity (Wildman–Crippen MR) is 80.7 cm³/mol. The van der Waals surface area contributed by atoms with Crippen LogP contribution in [0.4, 0.5) is 0 Å². The first-order chi connectivity index (χ1) is 10.8. The van der Waals surface area contributed by atoms with E-state index >= 15 is 0 Å². The fourth-order valence-electron chi connectivity index (χ4n) is 2.65. The highest BCUT2D eigenvalue weighted by atomic mass is 16.2. The van der Waals surface area contributed by atoms with Crippen molar-refractivity contribution in [3.05, 3.63) is 66.7 Å². The van der Waals surface area contributed by atoms with Gasteiger partial charge in [0.05, 0.1) is 12.4 Å². The van der Waals surface area contributed by atoms with Crippen LogP contribution < -0.4 is 0 Å². The second-order valence-corrected chi connectivity index (χ2v) is 5.35. The van der Waals surface area contributed by atoms with Gasteiger partial charge in [0.25, 0.3) is 5.91 Å². The van der Waals surface area contributed by atoms with Crippen molar-refractivity contribution in [2.75, 3.05) is 13.1 Å². The lowest BCUT2D eigenvalue weighted by Crippen LogP contribution is -2.51. The van der Waals surface area contributed by atoms with E-state index in [0.717, 1.165) is 5.69 Å². The Labute approximate surface area is 127 Å². The van der Waals surface area contributed by atoms with E-state index in [0.29, 0.717) is 18.7 Å². The molecule has 1 aromatic carbocycles. The molecule has 0 radical (unpaired) electrons. The van der Waals surface area contributed by atoms with Crippen molar-refractivity contribution in [1.29, 1.82) is 0 Å². The van der Waals surface area contributed by atoms with Gasteiger partial charge in [0.2, 0.25) is 0 Å². The number of hydrogen-bond donors (Lipinski definition) is 0. The molecule has 3 aromatic rings. The molecular weight excluding hydrogens is 278 g/mol. The Balaban J connectivity index is 1.43. The minimum atomic E-state index is 0.0578. The monoisotopic (exact) mass is 293 g/mol. The number of hydrogen-bond acceptors (Lipinski definition) is 3. The third-order valence-corrected chi connectivity index (χ3v) is 3.93. The zero-order valence-electron chi connectivity index (χ0n) is 11.9. The largest absolute Gasteiger partial charge is 0.334 e. The Morgan fingerprint density at radius 1 is 1.00 bits per heavy atom. The minimum Gasteiger partial charge on any atom is -0.334 e. The molecule has 1 amide bonds. The lowest BCUT2D eigenvalue weighted by atomic mass is 10.1. The summed E-state index contributed by atoms with van der Waals surface area (Å²) in [4.78, 5) is 15.9. The number of likely N-dealkylation sites (tertiary alicyclic amines) is 1. The van der Waals surface area contributed by atoms with Crippen LogP contribution in [-0.4, -0.2) is 43.5 Å². The van der Waals surface area contributed by atoms with Gasteiger partial charge in [-0.15, -0.1) is 0 Å². The molecule has 22 heavy (non-hydrogen) atoms. The van der Waals surface area contributed by atoms with Gasteiger partial charge in [-0.25, -0.2) is 0 Å². The SMILES string of the molecule is O=C(c1ccc(-n2cccc2)cc1)N1CC(n2nccn2)C1. The molecule has 0 saturated carbocycles. The lowest BCUT2D eigenvalue weighted by Gasteiger charge is -2.38. The summed E-state index contributed by atoms with van der Waals surface area (Å²) in [6.07, 6.45) is 7.27. The topological polar surface area (TPSA) is 56.0 Å². The molecule has 0 aliphatic carbocycles. The molecule has 1 saturated heterocycles. The standard InChI is InChI=1S/C16H15N5O/c22-16(20-11-15(12-20)21-17-7-8-18-21)13-3-5-14(6-4-13)19-9-1-2-10-19/h1-10,15H,11-12H2. The molecule has 3 heterocycles. The molecule has 2 aromatic heterocycles. The number of carbonyl (C=O) groups is 1. The van der Waals surface area contributed by atoms with Crippen LogP contribution in [0.1, 0.15) is 16.4 Å². The number of nitrogens with zero attached hydrogens (tertiary/aromatic N) is 5. The van der Waals surface area contributed by atoms with Crippen molar-refractivity contribution >= 4 is 5.91 Å². The van der Waals surface area contributed by atoms with Crippen molar-refractivity contribution in [2.45, 2.75) is 6.04 Å². The van der Waals surface area contributed by atoms with Crippen molar-refractivity contribution in [1.82, 2.24) is 24.5 Å². The summed E-state index contributed by atoms with van der Waals surface area (Å²) in [5.41, 5.74) is 1.76. The molecule has 1 aliphatic rings. The Bertz CT molecular complexity index is 755. The first kappa shape index (κ1) is 12.8. The molecule has 0 N–H and O–H groups in total. The van der Waals surface area contributed by atoms with Gasteiger partial charge < -0.3 is 9.47 Å². The van der Waals surface area contributed by atoms with Crippen molar-refractivity contribution in [2.24, 2.45) is 0 Å². The summed E-state index contributed by atoms with van der Waals surface area (Å²) in [5.74, 6) is 0.0578. The van der Waals surface area contributed by atoms with Gasteiger partial charge in [-0.3, -0.25) is 4.79 Å². The van der Waals surface area contributed by atoms with Crippen LogP contribution >= 0.6 is 0 Å². The molecule has 6 heteroatoms. The van der Waals surface area contributed by atoms with Gasteiger partial charge >= 0.3 is 0 Å². The summed E-state index contributed by atoms with van der Waals surface area (Å²) in [7, 11) is 0. The lowest BCUT2D eigenvalue weighted by molar-refractivity contribution is 0.0476. The number of amides is 1. The van der Waals surface area contributed by atoms with E-state index in [-0.39, 0.29) is 11.9 Å². The molecule has 0 spiro atoms. The molecule has 0 bridgehead atoms. The van der Waals surface area contributed by atoms with E-state index in [9.17, 15) is 4.79 Å². The molecule has 6 nitrogen and oxygen atoms in total. The molecule has 110 valence electrons. The number of benzene rings is 1. The third-order valence-electron chi connectivity index (χ3n) is 3.93. The van der Waals surface area contributed by atoms with E-state index in [2.05, 4.69) is 10.2 Å². The highest BCUT2D eigenvalue weighted by Crippen LogP contribution is 2.22. The Hall–Kier alpha value is -2.89. The van der Waals surface area contributed by atoms with Gasteiger partial charge in [-0.2, -0.15) is 15.0 Å². The second kappa shape index (κ2) is 5.14. The van der Waals surface area contributed by atoms with E-state index < -0.39 is 0 Å². The highest BCUT2D eigenvalue weighted by molar-refractivity contribution is 5.95. The van der Waals surface area contributed by atoms with Crippen molar-refractivity contribution < 1.29 is 4.79 Å². The van der Waals surface area contributed by atoms with Gasteiger partial charge in [0.1, 0.15) is 6.04 Å². The molecule has 0 atom stereocenters. The summed E-state index contributed by atoms with van der Waals surface area (Å²) >= 11 is 0. The number of carbonyl (C=O) groups excluding carboxylic acids is 1. The maximum atomic E-state index is 12.4. The van der Waals surface area contributed by atoms with Gasteiger partial charge in [-0.1, -0.05) is 0 Å². The summed E-state index contributed by atoms with van der Waals surface area (Å²) in [6, 6.07) is 11.8. The van der Waals surface area contributed by atoms with E-state index in [1.54, 1.807) is 17.2 Å². The first-order valence-electron chi connectivity index (χ1n) is 7.20. The summed E-state index contributed by atoms with van der Waals surface area (Å²) in [5, 5.41) is 8.22. The quantitative estimate of drug-likeness (QED) is 0.739. The maximum absolute atomic E-state index is 12.4. The smallest absolute Gasteiger partial charge is 0.254 e. The van der Waals surface area contributed by atoms with Crippen molar-refractivity contribution in [3.63, 3.8) is 0 Å². The van der Waals surface area contributed by atoms with Gasteiger partial charge in [0.15, 0.2) is 0 Å². The second-order valence-electron chi connectivity index (χ2n) is 5.35. The fourth-order valence-corrected chi connectivity index (χ4v) is 2.65. The maximum Gasteiger partial charge on any atom is 0.254 e. The first-order valence-corrected chi connectivity index (χ1v) is 7.20. The van der Waals surface area contributed by atoms with Crippen LogP contribution in [0.2, 0.25) is 0 Å². The summed E-state index contributed by atoms with van der Waals surface area (Å²) < 4.78 is 2.01. The zero-order chi connectivity index (χ0) is 14.9. The average molecular weight is 293 g/mol. The van der Waals surface area contributed by atoms with Gasteiger partial charge in [-0.05, 0) is 36.4 Å². The van der Waals surface area contributed by atoms with Crippen LogP contribution in [0.5, 0.6) is 0 Å². The number of rotatable bonds is 3. The van der Waals surface area contributed by atoms with Crippen LogP contribution in [-0.2, 0) is 0 Å². The Kier molecular flexibility index (Phi) is 3.00. The van der Waals surface area contributed by atoms with Crippen LogP contribution in [0.3, 0.4) is 0 Å².